The van der Waals surface area contributed by atoms with E-state index in [1.165, 1.54) is 11.1 Å². The van der Waals surface area contributed by atoms with Gasteiger partial charge in [-0.3, -0.25) is 0 Å². The van der Waals surface area contributed by atoms with Crippen molar-refractivity contribution >= 4 is 5.69 Å². The summed E-state index contributed by atoms with van der Waals surface area (Å²) in [6.45, 7) is 6.47. The summed E-state index contributed by atoms with van der Waals surface area (Å²) >= 11 is 0. The average Bonchev–Trinajstić information content (AvgIpc) is 2.03. The van der Waals surface area contributed by atoms with Gasteiger partial charge in [-0.2, -0.15) is 0 Å². The molecule has 0 radical (unpaired) electrons. The predicted octanol–water partition coefficient (Wildman–Crippen LogP) is 2.95. The van der Waals surface area contributed by atoms with Crippen LogP contribution < -0.4 is 5.73 Å². The van der Waals surface area contributed by atoms with Crippen LogP contribution in [0.5, 0.6) is 0 Å². The Morgan fingerprint density at radius 3 is 2.42 bits per heavy atom. The van der Waals surface area contributed by atoms with E-state index in [1.807, 2.05) is 0 Å². The zero-order valence-corrected chi connectivity index (χ0v) is 8.09. The first-order chi connectivity index (χ1) is 5.65. The molecule has 1 aromatic carbocycles. The number of nitrogens with two attached hydrogens (primary N) is 1. The maximum absolute atomic E-state index is 5.90. The van der Waals surface area contributed by atoms with E-state index in [-0.39, 0.29) is 0 Å². The standard InChI is InChI=1S/C11H17N/c1-4-9-5-6-10(8(2)3)11(12)7-9/h5-8H,4,12H2,1-3H3. The highest BCUT2D eigenvalue weighted by molar-refractivity contribution is 5.50. The molecule has 0 fully saturated rings. The summed E-state index contributed by atoms with van der Waals surface area (Å²) in [5.74, 6) is 0.524. The molecule has 0 bridgehead atoms. The van der Waals surface area contributed by atoms with Gasteiger partial charge >= 0.3 is 0 Å². The first-order valence-corrected chi connectivity index (χ1v) is 4.53. The van der Waals surface area contributed by atoms with Crippen LogP contribution >= 0.6 is 0 Å². The Bertz CT molecular complexity index is 264. The number of hydrogen-bond donors (Lipinski definition) is 1. The fourth-order valence-electron chi connectivity index (χ4n) is 1.37. The van der Waals surface area contributed by atoms with Gasteiger partial charge in [0.1, 0.15) is 0 Å². The van der Waals surface area contributed by atoms with Crippen molar-refractivity contribution in [3.63, 3.8) is 0 Å². The Balaban J connectivity index is 3.03. The fraction of sp³-hybridized carbons (Fsp3) is 0.455. The Morgan fingerprint density at radius 2 is 2.00 bits per heavy atom. The highest BCUT2D eigenvalue weighted by Crippen LogP contribution is 2.22. The number of aryl methyl sites for hydroxylation is 1. The molecule has 1 rings (SSSR count). The van der Waals surface area contributed by atoms with E-state index in [9.17, 15) is 0 Å². The summed E-state index contributed by atoms with van der Waals surface area (Å²) in [7, 11) is 0. The number of nitrogen functional groups attached to an aromatic ring is 1. The monoisotopic (exact) mass is 163 g/mol. The van der Waals surface area contributed by atoms with Gasteiger partial charge < -0.3 is 5.73 Å². The minimum absolute atomic E-state index is 0.524. The molecule has 0 aliphatic rings. The molecule has 0 amide bonds. The number of anilines is 1. The van der Waals surface area contributed by atoms with Crippen molar-refractivity contribution < 1.29 is 0 Å². The Labute approximate surface area is 74.6 Å². The van der Waals surface area contributed by atoms with Crippen molar-refractivity contribution in [2.45, 2.75) is 33.1 Å². The van der Waals surface area contributed by atoms with Crippen LogP contribution in [0, 0.1) is 0 Å². The molecule has 1 nitrogen and oxygen atoms in total. The zero-order chi connectivity index (χ0) is 9.14. The van der Waals surface area contributed by atoms with Crippen LogP contribution in [0.2, 0.25) is 0 Å². The minimum atomic E-state index is 0.524. The van der Waals surface area contributed by atoms with E-state index in [2.05, 4.69) is 39.0 Å². The molecule has 0 aromatic heterocycles. The van der Waals surface area contributed by atoms with Crippen LogP contribution in [-0.2, 0) is 6.42 Å². The van der Waals surface area contributed by atoms with Crippen molar-refractivity contribution in [2.75, 3.05) is 5.73 Å². The lowest BCUT2D eigenvalue weighted by molar-refractivity contribution is 0.868. The molecule has 1 heteroatoms. The van der Waals surface area contributed by atoms with Crippen LogP contribution in [0.4, 0.5) is 5.69 Å². The third-order valence-corrected chi connectivity index (χ3v) is 2.18. The molecular weight excluding hydrogens is 146 g/mol. The fourth-order valence-corrected chi connectivity index (χ4v) is 1.37. The Kier molecular flexibility index (Phi) is 2.74. The van der Waals surface area contributed by atoms with Crippen LogP contribution in [0.1, 0.15) is 37.8 Å². The second kappa shape index (κ2) is 3.61. The molecule has 1 aromatic rings. The first kappa shape index (κ1) is 9.11. The van der Waals surface area contributed by atoms with E-state index in [4.69, 9.17) is 5.73 Å². The molecule has 2 N–H and O–H groups in total. The maximum atomic E-state index is 5.90. The number of rotatable bonds is 2. The summed E-state index contributed by atoms with van der Waals surface area (Å²) < 4.78 is 0. The molecule has 0 heterocycles. The first-order valence-electron chi connectivity index (χ1n) is 4.53. The molecule has 0 aliphatic heterocycles. The van der Waals surface area contributed by atoms with Crippen molar-refractivity contribution in [2.24, 2.45) is 0 Å². The van der Waals surface area contributed by atoms with Crippen molar-refractivity contribution in [3.05, 3.63) is 29.3 Å². The highest BCUT2D eigenvalue weighted by atomic mass is 14.6. The lowest BCUT2D eigenvalue weighted by Gasteiger charge is -2.10. The normalized spacial score (nSPS) is 10.7. The van der Waals surface area contributed by atoms with Gasteiger partial charge in [-0.05, 0) is 29.5 Å². The SMILES string of the molecule is CCc1ccc(C(C)C)c(N)c1. The van der Waals surface area contributed by atoms with E-state index < -0.39 is 0 Å². The molecular formula is C11H17N. The van der Waals surface area contributed by atoms with Crippen molar-refractivity contribution in [3.8, 4) is 0 Å². The van der Waals surface area contributed by atoms with Crippen LogP contribution in [0.15, 0.2) is 18.2 Å². The zero-order valence-electron chi connectivity index (χ0n) is 8.09. The third-order valence-electron chi connectivity index (χ3n) is 2.18. The van der Waals surface area contributed by atoms with Crippen molar-refractivity contribution in [1.82, 2.24) is 0 Å². The van der Waals surface area contributed by atoms with E-state index in [0.29, 0.717) is 5.92 Å². The molecule has 0 unspecified atom stereocenters. The van der Waals surface area contributed by atoms with Gasteiger partial charge in [0.25, 0.3) is 0 Å². The molecule has 0 spiro atoms. The lowest BCUT2D eigenvalue weighted by atomic mass is 9.99. The Morgan fingerprint density at radius 1 is 1.33 bits per heavy atom. The Hall–Kier alpha value is -0.980. The van der Waals surface area contributed by atoms with Gasteiger partial charge in [0, 0.05) is 5.69 Å². The van der Waals surface area contributed by atoms with E-state index >= 15 is 0 Å². The van der Waals surface area contributed by atoms with Gasteiger partial charge in [0.15, 0.2) is 0 Å². The van der Waals surface area contributed by atoms with E-state index in [0.717, 1.165) is 12.1 Å². The highest BCUT2D eigenvalue weighted by Gasteiger charge is 2.03. The largest absolute Gasteiger partial charge is 0.398 e. The summed E-state index contributed by atoms with van der Waals surface area (Å²) in [6.07, 6.45) is 1.06. The summed E-state index contributed by atoms with van der Waals surface area (Å²) in [5.41, 5.74) is 9.41. The quantitative estimate of drug-likeness (QED) is 0.666. The smallest absolute Gasteiger partial charge is 0.0351 e. The number of hydrogen-bond acceptors (Lipinski definition) is 1. The van der Waals surface area contributed by atoms with Crippen LogP contribution in [0.3, 0.4) is 0 Å². The van der Waals surface area contributed by atoms with Gasteiger partial charge in [-0.25, -0.2) is 0 Å². The molecule has 0 atom stereocenters. The summed E-state index contributed by atoms with van der Waals surface area (Å²) in [5, 5.41) is 0. The van der Waals surface area contributed by atoms with Gasteiger partial charge in [-0.1, -0.05) is 32.9 Å². The molecule has 66 valence electrons. The van der Waals surface area contributed by atoms with Gasteiger partial charge in [0.2, 0.25) is 0 Å². The lowest BCUT2D eigenvalue weighted by Crippen LogP contribution is -1.97. The van der Waals surface area contributed by atoms with Crippen molar-refractivity contribution in [1.29, 1.82) is 0 Å². The third kappa shape index (κ3) is 1.79. The number of benzene rings is 1. The average molecular weight is 163 g/mol. The van der Waals surface area contributed by atoms with Crippen LogP contribution in [-0.4, -0.2) is 0 Å². The molecule has 0 saturated heterocycles. The topological polar surface area (TPSA) is 26.0 Å². The molecule has 12 heavy (non-hydrogen) atoms. The van der Waals surface area contributed by atoms with Gasteiger partial charge in [-0.15, -0.1) is 0 Å². The maximum Gasteiger partial charge on any atom is 0.0351 e. The minimum Gasteiger partial charge on any atom is -0.398 e. The predicted molar refractivity (Wildman–Crippen MR) is 54.3 cm³/mol. The van der Waals surface area contributed by atoms with E-state index in [1.54, 1.807) is 0 Å². The summed E-state index contributed by atoms with van der Waals surface area (Å²) in [6, 6.07) is 6.37. The second-order valence-corrected chi connectivity index (χ2v) is 3.47. The van der Waals surface area contributed by atoms with Crippen LogP contribution in [0.25, 0.3) is 0 Å². The molecule has 0 saturated carbocycles. The second-order valence-electron chi connectivity index (χ2n) is 3.47. The molecule has 0 aliphatic carbocycles. The van der Waals surface area contributed by atoms with Gasteiger partial charge in [0.05, 0.1) is 0 Å². The summed E-state index contributed by atoms with van der Waals surface area (Å²) in [4.78, 5) is 0.